The Morgan fingerprint density at radius 3 is 2.29 bits per heavy atom. The van der Waals surface area contributed by atoms with Gasteiger partial charge in [-0.15, -0.1) is 0 Å². The molecule has 1 aliphatic carbocycles. The van der Waals surface area contributed by atoms with Gasteiger partial charge >= 0.3 is 6.09 Å². The molecule has 0 spiro atoms. The fraction of sp³-hybridized carbons (Fsp3) is 0.240. The highest BCUT2D eigenvalue weighted by Gasteiger charge is 2.29. The largest absolute Gasteiger partial charge is 0.449 e. The molecule has 0 saturated carbocycles. The molecule has 3 aromatic carbocycles. The van der Waals surface area contributed by atoms with Gasteiger partial charge in [0.1, 0.15) is 12.7 Å². The highest BCUT2D eigenvalue weighted by Crippen LogP contribution is 2.44. The molecule has 0 bridgehead atoms. The summed E-state index contributed by atoms with van der Waals surface area (Å²) in [6, 6.07) is 19.6. The number of non-ortho nitro benzene ring substituents is 1. The number of carbonyl (C=O) groups excluding carboxylic acids is 1. The van der Waals surface area contributed by atoms with Crippen LogP contribution in [0.1, 0.15) is 35.1 Å². The molecule has 3 aromatic rings. The van der Waals surface area contributed by atoms with Crippen LogP contribution in [0.3, 0.4) is 0 Å². The zero-order valence-electron chi connectivity index (χ0n) is 18.1. The number of nitrogens with zero attached hydrogens (tertiary/aromatic N) is 1. The number of nitro benzene ring substituents is 1. The van der Waals surface area contributed by atoms with Gasteiger partial charge in [-0.05, 0) is 34.7 Å². The van der Waals surface area contributed by atoms with Gasteiger partial charge in [0.05, 0.1) is 11.0 Å². The highest BCUT2D eigenvalue weighted by atomic mass is 35.5. The second kappa shape index (κ2) is 10.2. The van der Waals surface area contributed by atoms with Crippen LogP contribution in [0.4, 0.5) is 10.5 Å². The monoisotopic (exact) mass is 482 g/mol. The van der Waals surface area contributed by atoms with Gasteiger partial charge in [-0.3, -0.25) is 10.1 Å². The van der Waals surface area contributed by atoms with E-state index in [0.717, 1.165) is 28.3 Å². The zero-order valence-corrected chi connectivity index (χ0v) is 18.8. The fourth-order valence-electron chi connectivity index (χ4n) is 4.21. The van der Waals surface area contributed by atoms with Crippen molar-refractivity contribution in [1.82, 2.24) is 5.32 Å². The van der Waals surface area contributed by atoms with Crippen molar-refractivity contribution in [3.05, 3.63) is 98.6 Å². The predicted molar refractivity (Wildman–Crippen MR) is 127 cm³/mol. The van der Waals surface area contributed by atoms with Crippen LogP contribution in [-0.4, -0.2) is 40.5 Å². The van der Waals surface area contributed by atoms with Crippen LogP contribution in [0.15, 0.2) is 66.7 Å². The van der Waals surface area contributed by atoms with E-state index in [2.05, 4.69) is 17.4 Å². The Morgan fingerprint density at radius 2 is 1.68 bits per heavy atom. The molecule has 8 nitrogen and oxygen atoms in total. The van der Waals surface area contributed by atoms with Crippen molar-refractivity contribution >= 4 is 23.4 Å². The Labute approximate surface area is 200 Å². The van der Waals surface area contributed by atoms with Gasteiger partial charge in [0, 0.05) is 35.2 Å². The Hall–Kier alpha value is -3.46. The standard InChI is InChI=1S/C25H23ClN2O6/c26-22-10-9-15(28(32)33)13-20(22)24(30)23(29)11-12-27-25(31)34-14-21-18-7-3-1-5-16(18)17-6-2-4-8-19(17)21/h1-10,13,21,23-24,29-30H,11-12,14H2,(H,27,31). The molecule has 0 saturated heterocycles. The van der Waals surface area contributed by atoms with Crippen molar-refractivity contribution < 1.29 is 24.7 Å². The van der Waals surface area contributed by atoms with E-state index in [1.807, 2.05) is 36.4 Å². The molecular formula is C25H23ClN2O6. The topological polar surface area (TPSA) is 122 Å². The zero-order chi connectivity index (χ0) is 24.2. The Kier molecular flexibility index (Phi) is 7.12. The Morgan fingerprint density at radius 1 is 1.06 bits per heavy atom. The number of fused-ring (bicyclic) bond motifs is 3. The number of aliphatic hydroxyl groups is 2. The molecule has 2 unspecified atom stereocenters. The van der Waals surface area contributed by atoms with Gasteiger partial charge in [0.2, 0.25) is 0 Å². The number of hydrogen-bond donors (Lipinski definition) is 3. The molecule has 0 heterocycles. The van der Waals surface area contributed by atoms with Crippen LogP contribution in [-0.2, 0) is 4.74 Å². The van der Waals surface area contributed by atoms with E-state index in [9.17, 15) is 25.1 Å². The highest BCUT2D eigenvalue weighted by molar-refractivity contribution is 6.31. The van der Waals surface area contributed by atoms with Crippen molar-refractivity contribution in [2.24, 2.45) is 0 Å². The number of benzene rings is 3. The minimum atomic E-state index is -1.45. The second-order valence-electron chi connectivity index (χ2n) is 8.02. The molecule has 34 heavy (non-hydrogen) atoms. The Balaban J connectivity index is 1.30. The summed E-state index contributed by atoms with van der Waals surface area (Å²) in [7, 11) is 0. The second-order valence-corrected chi connectivity index (χ2v) is 8.42. The normalized spacial score (nSPS) is 14.1. The van der Waals surface area contributed by atoms with Gasteiger partial charge in [-0.25, -0.2) is 4.79 Å². The number of rotatable bonds is 8. The first-order valence-electron chi connectivity index (χ1n) is 10.8. The molecule has 0 aromatic heterocycles. The summed E-state index contributed by atoms with van der Waals surface area (Å²) in [6.07, 6.45) is -3.40. The van der Waals surface area contributed by atoms with E-state index < -0.39 is 23.2 Å². The number of amides is 1. The molecule has 3 N–H and O–H groups in total. The maximum absolute atomic E-state index is 12.2. The van der Waals surface area contributed by atoms with E-state index in [-0.39, 0.29) is 41.8 Å². The Bertz CT molecular complexity index is 1170. The van der Waals surface area contributed by atoms with E-state index >= 15 is 0 Å². The smallest absolute Gasteiger partial charge is 0.407 e. The van der Waals surface area contributed by atoms with Crippen LogP contribution in [0.2, 0.25) is 5.02 Å². The number of nitrogens with one attached hydrogen (secondary N) is 1. The summed E-state index contributed by atoms with van der Waals surface area (Å²) in [6.45, 7) is 0.190. The van der Waals surface area contributed by atoms with Crippen molar-refractivity contribution in [1.29, 1.82) is 0 Å². The van der Waals surface area contributed by atoms with Gasteiger partial charge in [-0.2, -0.15) is 0 Å². The summed E-state index contributed by atoms with van der Waals surface area (Å²) < 4.78 is 5.44. The van der Waals surface area contributed by atoms with E-state index in [0.29, 0.717) is 0 Å². The maximum atomic E-state index is 12.2. The average molecular weight is 483 g/mol. The third kappa shape index (κ3) is 4.89. The maximum Gasteiger partial charge on any atom is 0.407 e. The van der Waals surface area contributed by atoms with Crippen LogP contribution in [0.5, 0.6) is 0 Å². The first-order valence-corrected chi connectivity index (χ1v) is 11.1. The number of carbonyl (C=O) groups is 1. The van der Waals surface area contributed by atoms with Crippen LogP contribution >= 0.6 is 11.6 Å². The lowest BCUT2D eigenvalue weighted by molar-refractivity contribution is -0.385. The lowest BCUT2D eigenvalue weighted by atomic mass is 9.98. The summed E-state index contributed by atoms with van der Waals surface area (Å²) in [5, 5.41) is 34.3. The quantitative estimate of drug-likeness (QED) is 0.319. The fourth-order valence-corrected chi connectivity index (χ4v) is 4.44. The van der Waals surface area contributed by atoms with Crippen LogP contribution in [0, 0.1) is 10.1 Å². The molecule has 0 fully saturated rings. The van der Waals surface area contributed by atoms with Crippen molar-refractivity contribution in [3.63, 3.8) is 0 Å². The predicted octanol–water partition coefficient (Wildman–Crippen LogP) is 4.57. The van der Waals surface area contributed by atoms with E-state index in [1.165, 1.54) is 12.1 Å². The molecule has 1 amide bonds. The third-order valence-electron chi connectivity index (χ3n) is 5.93. The molecule has 4 rings (SSSR count). The molecule has 9 heteroatoms. The lowest BCUT2D eigenvalue weighted by Crippen LogP contribution is -2.30. The SMILES string of the molecule is O=C(NCCC(O)C(O)c1cc([N+](=O)[O-])ccc1Cl)OCC1c2ccccc2-c2ccccc21. The molecular weight excluding hydrogens is 460 g/mol. The lowest BCUT2D eigenvalue weighted by Gasteiger charge is -2.19. The van der Waals surface area contributed by atoms with Gasteiger partial charge in [0.15, 0.2) is 0 Å². The minimum Gasteiger partial charge on any atom is -0.449 e. The minimum absolute atomic E-state index is 0.00954. The molecule has 0 radical (unpaired) electrons. The van der Waals surface area contributed by atoms with E-state index in [1.54, 1.807) is 0 Å². The van der Waals surface area contributed by atoms with Crippen LogP contribution < -0.4 is 5.32 Å². The summed E-state index contributed by atoms with van der Waals surface area (Å²) in [5.41, 5.74) is 4.26. The van der Waals surface area contributed by atoms with Gasteiger partial charge in [0.25, 0.3) is 5.69 Å². The molecule has 176 valence electrons. The average Bonchev–Trinajstić information content (AvgIpc) is 3.16. The number of ether oxygens (including phenoxy) is 1. The van der Waals surface area contributed by atoms with E-state index in [4.69, 9.17) is 16.3 Å². The number of aliphatic hydroxyl groups excluding tert-OH is 2. The third-order valence-corrected chi connectivity index (χ3v) is 6.27. The number of hydrogen-bond acceptors (Lipinski definition) is 6. The number of halogens is 1. The summed E-state index contributed by atoms with van der Waals surface area (Å²) >= 11 is 6.02. The summed E-state index contributed by atoms with van der Waals surface area (Å²) in [5.74, 6) is -0.0680. The number of nitro groups is 1. The molecule has 1 aliphatic rings. The van der Waals surface area contributed by atoms with Gasteiger partial charge < -0.3 is 20.3 Å². The molecule has 2 atom stereocenters. The number of alkyl carbamates (subject to hydrolysis) is 1. The van der Waals surface area contributed by atoms with Crippen molar-refractivity contribution in [2.45, 2.75) is 24.5 Å². The van der Waals surface area contributed by atoms with Crippen LogP contribution in [0.25, 0.3) is 11.1 Å². The summed E-state index contributed by atoms with van der Waals surface area (Å²) in [4.78, 5) is 22.6. The first kappa shape index (κ1) is 23.7. The molecule has 0 aliphatic heterocycles. The van der Waals surface area contributed by atoms with Crippen molar-refractivity contribution in [2.75, 3.05) is 13.2 Å². The first-order chi connectivity index (χ1) is 16.4. The van der Waals surface area contributed by atoms with Crippen molar-refractivity contribution in [3.8, 4) is 11.1 Å². The van der Waals surface area contributed by atoms with Gasteiger partial charge in [-0.1, -0.05) is 60.1 Å².